The van der Waals surface area contributed by atoms with Crippen molar-refractivity contribution in [3.05, 3.63) is 22.7 Å². The molecule has 0 amide bonds. The van der Waals surface area contributed by atoms with Gasteiger partial charge in [-0.15, -0.1) is 0 Å². The topological polar surface area (TPSA) is 70.1 Å². The molecule has 1 aliphatic carbocycles. The van der Waals surface area contributed by atoms with Gasteiger partial charge < -0.3 is 10.5 Å². The van der Waals surface area contributed by atoms with Crippen LogP contribution in [0.4, 0.5) is 5.82 Å². The molecule has 2 heterocycles. The SMILES string of the molecule is CC[C@@]1(C2CC2)O[C@@H](n2ccc(N)nc2=O)C[C@@H]1C. The van der Waals surface area contributed by atoms with Gasteiger partial charge in [-0.1, -0.05) is 13.8 Å². The molecule has 5 heteroatoms. The van der Waals surface area contributed by atoms with Crippen LogP contribution in [0.2, 0.25) is 0 Å². The van der Waals surface area contributed by atoms with Crippen molar-refractivity contribution in [1.29, 1.82) is 0 Å². The van der Waals surface area contributed by atoms with Gasteiger partial charge in [-0.25, -0.2) is 4.79 Å². The van der Waals surface area contributed by atoms with Gasteiger partial charge in [0, 0.05) is 6.20 Å². The fourth-order valence-corrected chi connectivity index (χ4v) is 3.53. The van der Waals surface area contributed by atoms with E-state index in [-0.39, 0.29) is 23.3 Å². The van der Waals surface area contributed by atoms with E-state index in [1.165, 1.54) is 12.8 Å². The smallest absolute Gasteiger partial charge is 0.351 e. The van der Waals surface area contributed by atoms with Crippen molar-refractivity contribution < 1.29 is 4.74 Å². The van der Waals surface area contributed by atoms with Crippen LogP contribution in [0.3, 0.4) is 0 Å². The molecule has 2 fully saturated rings. The molecule has 5 nitrogen and oxygen atoms in total. The molecule has 2 N–H and O–H groups in total. The molecule has 0 bridgehead atoms. The number of anilines is 1. The Morgan fingerprint density at radius 3 is 2.89 bits per heavy atom. The van der Waals surface area contributed by atoms with Crippen LogP contribution >= 0.6 is 0 Å². The van der Waals surface area contributed by atoms with Crippen LogP contribution in [-0.4, -0.2) is 15.2 Å². The summed E-state index contributed by atoms with van der Waals surface area (Å²) in [7, 11) is 0. The highest BCUT2D eigenvalue weighted by atomic mass is 16.5. The Kier molecular flexibility index (Phi) is 2.89. The summed E-state index contributed by atoms with van der Waals surface area (Å²) in [6, 6.07) is 1.65. The lowest BCUT2D eigenvalue weighted by Gasteiger charge is -2.32. The number of hydrogen-bond donors (Lipinski definition) is 1. The summed E-state index contributed by atoms with van der Waals surface area (Å²) < 4.78 is 7.90. The summed E-state index contributed by atoms with van der Waals surface area (Å²) in [4.78, 5) is 15.7. The highest BCUT2D eigenvalue weighted by Gasteiger charge is 2.54. The van der Waals surface area contributed by atoms with E-state index in [0.717, 1.165) is 12.8 Å². The monoisotopic (exact) mass is 263 g/mol. The standard InChI is InChI=1S/C14H21N3O2/c1-3-14(10-4-5-10)9(2)8-12(19-14)17-7-6-11(15)16-13(17)18/h6-7,9-10,12H,3-5,8H2,1-2H3,(H2,15,16,18)/t9-,12+,14+/m0/s1. The minimum Gasteiger partial charge on any atom is -0.383 e. The zero-order valence-electron chi connectivity index (χ0n) is 11.5. The van der Waals surface area contributed by atoms with Crippen molar-refractivity contribution in [3.8, 4) is 0 Å². The molecule has 1 aliphatic heterocycles. The number of aromatic nitrogens is 2. The van der Waals surface area contributed by atoms with Crippen LogP contribution in [0, 0.1) is 11.8 Å². The third-order valence-corrected chi connectivity index (χ3v) is 4.73. The predicted molar refractivity (Wildman–Crippen MR) is 72.6 cm³/mol. The van der Waals surface area contributed by atoms with Crippen molar-refractivity contribution in [2.75, 3.05) is 5.73 Å². The highest BCUT2D eigenvalue weighted by Crippen LogP contribution is 2.55. The molecule has 0 aromatic carbocycles. The van der Waals surface area contributed by atoms with E-state index in [4.69, 9.17) is 10.5 Å². The molecule has 1 aromatic rings. The Labute approximate surface area is 112 Å². The average molecular weight is 263 g/mol. The normalized spacial score (nSPS) is 34.6. The first-order valence-electron chi connectivity index (χ1n) is 7.09. The summed E-state index contributed by atoms with van der Waals surface area (Å²) in [5, 5.41) is 0. The highest BCUT2D eigenvalue weighted by molar-refractivity contribution is 5.23. The van der Waals surface area contributed by atoms with E-state index in [2.05, 4.69) is 18.8 Å². The van der Waals surface area contributed by atoms with Crippen molar-refractivity contribution >= 4 is 5.82 Å². The first-order chi connectivity index (χ1) is 9.06. The van der Waals surface area contributed by atoms with Gasteiger partial charge in [0.1, 0.15) is 12.0 Å². The fourth-order valence-electron chi connectivity index (χ4n) is 3.53. The van der Waals surface area contributed by atoms with Crippen LogP contribution < -0.4 is 11.4 Å². The largest absolute Gasteiger partial charge is 0.383 e. The second kappa shape index (κ2) is 4.34. The number of ether oxygens (including phenoxy) is 1. The summed E-state index contributed by atoms with van der Waals surface area (Å²) in [6.07, 6.45) is 5.87. The minimum atomic E-state index is -0.320. The molecule has 1 saturated heterocycles. The zero-order chi connectivity index (χ0) is 13.6. The van der Waals surface area contributed by atoms with E-state index >= 15 is 0 Å². The Morgan fingerprint density at radius 1 is 1.58 bits per heavy atom. The Bertz CT molecular complexity index is 538. The third-order valence-electron chi connectivity index (χ3n) is 4.73. The van der Waals surface area contributed by atoms with Gasteiger partial charge in [0.25, 0.3) is 0 Å². The van der Waals surface area contributed by atoms with E-state index in [1.807, 2.05) is 0 Å². The lowest BCUT2D eigenvalue weighted by molar-refractivity contribution is -0.101. The summed E-state index contributed by atoms with van der Waals surface area (Å²) in [6.45, 7) is 4.42. The second-order valence-corrected chi connectivity index (χ2v) is 5.83. The molecule has 1 aromatic heterocycles. The van der Waals surface area contributed by atoms with Gasteiger partial charge in [-0.2, -0.15) is 4.98 Å². The fraction of sp³-hybridized carbons (Fsp3) is 0.714. The number of rotatable bonds is 3. The zero-order valence-corrected chi connectivity index (χ0v) is 11.5. The van der Waals surface area contributed by atoms with Gasteiger partial charge >= 0.3 is 5.69 Å². The van der Waals surface area contributed by atoms with Gasteiger partial charge in [0.05, 0.1) is 5.60 Å². The van der Waals surface area contributed by atoms with Gasteiger partial charge in [-0.05, 0) is 43.6 Å². The van der Waals surface area contributed by atoms with Crippen molar-refractivity contribution in [2.24, 2.45) is 11.8 Å². The molecule has 104 valence electrons. The van der Waals surface area contributed by atoms with Crippen LogP contribution in [0.1, 0.15) is 45.8 Å². The third kappa shape index (κ3) is 1.96. The van der Waals surface area contributed by atoms with Gasteiger partial charge in [0.15, 0.2) is 0 Å². The van der Waals surface area contributed by atoms with E-state index in [1.54, 1.807) is 16.8 Å². The van der Waals surface area contributed by atoms with Gasteiger partial charge in [0.2, 0.25) is 0 Å². The maximum atomic E-state index is 11.9. The Balaban J connectivity index is 1.90. The quantitative estimate of drug-likeness (QED) is 0.904. The molecule has 3 rings (SSSR count). The average Bonchev–Trinajstić information content (AvgIpc) is 3.15. The maximum Gasteiger partial charge on any atom is 0.351 e. The Morgan fingerprint density at radius 2 is 2.32 bits per heavy atom. The molecule has 2 aliphatic rings. The van der Waals surface area contributed by atoms with E-state index in [0.29, 0.717) is 11.8 Å². The summed E-state index contributed by atoms with van der Waals surface area (Å²) >= 11 is 0. The first kappa shape index (κ1) is 12.7. The summed E-state index contributed by atoms with van der Waals surface area (Å²) in [5.41, 5.74) is 5.16. The van der Waals surface area contributed by atoms with Crippen molar-refractivity contribution in [1.82, 2.24) is 9.55 Å². The lowest BCUT2D eigenvalue weighted by atomic mass is 9.82. The Hall–Kier alpha value is -1.36. The van der Waals surface area contributed by atoms with Crippen molar-refractivity contribution in [2.45, 2.75) is 51.4 Å². The molecular formula is C14H21N3O2. The molecule has 0 radical (unpaired) electrons. The predicted octanol–water partition coefficient (Wildman–Crippen LogP) is 1.94. The molecule has 0 unspecified atom stereocenters. The lowest BCUT2D eigenvalue weighted by Crippen LogP contribution is -2.37. The van der Waals surface area contributed by atoms with Crippen LogP contribution in [0.5, 0.6) is 0 Å². The number of nitrogens with zero attached hydrogens (tertiary/aromatic N) is 2. The maximum absolute atomic E-state index is 11.9. The van der Waals surface area contributed by atoms with E-state index < -0.39 is 0 Å². The van der Waals surface area contributed by atoms with Crippen LogP contribution in [0.15, 0.2) is 17.1 Å². The minimum absolute atomic E-state index is 0.0501. The number of hydrogen-bond acceptors (Lipinski definition) is 4. The molecule has 0 spiro atoms. The molecular weight excluding hydrogens is 242 g/mol. The van der Waals surface area contributed by atoms with Crippen molar-refractivity contribution in [3.63, 3.8) is 0 Å². The first-order valence-corrected chi connectivity index (χ1v) is 7.09. The molecule has 3 atom stereocenters. The van der Waals surface area contributed by atoms with Gasteiger partial charge in [-0.3, -0.25) is 4.57 Å². The van der Waals surface area contributed by atoms with Crippen LogP contribution in [-0.2, 0) is 4.74 Å². The van der Waals surface area contributed by atoms with Crippen LogP contribution in [0.25, 0.3) is 0 Å². The summed E-state index contributed by atoms with van der Waals surface area (Å²) in [5.74, 6) is 1.39. The number of nitrogen functional groups attached to an aromatic ring is 1. The number of nitrogens with two attached hydrogens (primary N) is 1. The second-order valence-electron chi connectivity index (χ2n) is 5.83. The molecule has 19 heavy (non-hydrogen) atoms. The molecule has 1 saturated carbocycles. The van der Waals surface area contributed by atoms with E-state index in [9.17, 15) is 4.79 Å².